The van der Waals surface area contributed by atoms with Gasteiger partial charge >= 0.3 is 0 Å². The van der Waals surface area contributed by atoms with Crippen molar-refractivity contribution < 1.29 is 0 Å². The minimum absolute atomic E-state index is 0.181. The predicted molar refractivity (Wildman–Crippen MR) is 188 cm³/mol. The molecule has 0 bridgehead atoms. The second kappa shape index (κ2) is 14.4. The molecular formula is C36H40N12. The largest absolute Gasteiger partial charge is 0.383 e. The number of fused-ring (bicyclic) bond motifs is 1. The summed E-state index contributed by atoms with van der Waals surface area (Å²) in [5.74, 6) is 1.99. The molecule has 1 fully saturated rings. The van der Waals surface area contributed by atoms with Gasteiger partial charge in [0, 0.05) is 61.6 Å². The third-order valence-electron chi connectivity index (χ3n) is 8.31. The summed E-state index contributed by atoms with van der Waals surface area (Å²) in [4.78, 5) is 25.1. The number of benzene rings is 1. The van der Waals surface area contributed by atoms with Crippen LogP contribution in [0, 0.1) is 11.3 Å². The number of hydrogen-bond donors (Lipinski definition) is 2. The lowest BCUT2D eigenvalue weighted by Crippen LogP contribution is -2.38. The van der Waals surface area contributed by atoms with E-state index in [2.05, 4.69) is 72.9 Å². The highest BCUT2D eigenvalue weighted by atomic mass is 15.3. The standard InChI is InChI=1S/C34H34N12.C2H6/c1-22(2)45-21-24(19-39-45)28-9-10-29-34(41-28)46(33(42-29)27-4-3-14-38-32(27)36)26-7-5-23(6-8-26)20-44-16-12-25(13-17-44)40-30-11-15-37-31(18-35)43-30;1-2/h3-11,14-15,19,21-22,25H,12-13,16-17,20H2,1-2H3,(H2,36,38)(H,37,40,43);1-2H3. The van der Waals surface area contributed by atoms with Crippen LogP contribution < -0.4 is 11.1 Å². The van der Waals surface area contributed by atoms with Crippen molar-refractivity contribution in [2.75, 3.05) is 24.1 Å². The van der Waals surface area contributed by atoms with Gasteiger partial charge in [-0.25, -0.2) is 24.9 Å². The zero-order chi connectivity index (χ0) is 33.6. The molecule has 6 heterocycles. The molecule has 1 aliphatic heterocycles. The van der Waals surface area contributed by atoms with Crippen molar-refractivity contribution in [2.24, 2.45) is 0 Å². The number of aromatic nitrogens is 8. The molecule has 0 unspecified atom stereocenters. The summed E-state index contributed by atoms with van der Waals surface area (Å²) in [6, 6.07) is 20.7. The molecular weight excluding hydrogens is 600 g/mol. The smallest absolute Gasteiger partial charge is 0.234 e. The molecule has 0 aliphatic carbocycles. The predicted octanol–water partition coefficient (Wildman–Crippen LogP) is 6.27. The molecule has 3 N–H and O–H groups in total. The van der Waals surface area contributed by atoms with Crippen molar-refractivity contribution in [2.45, 2.75) is 59.2 Å². The average molecular weight is 641 g/mol. The maximum Gasteiger partial charge on any atom is 0.234 e. The van der Waals surface area contributed by atoms with E-state index in [-0.39, 0.29) is 11.9 Å². The number of nitrogens with two attached hydrogens (primary N) is 1. The van der Waals surface area contributed by atoms with E-state index in [9.17, 15) is 0 Å². The Morgan fingerprint density at radius 2 is 1.75 bits per heavy atom. The number of rotatable bonds is 8. The second-order valence-electron chi connectivity index (χ2n) is 11.8. The Balaban J connectivity index is 0.00000197. The number of hydrogen-bond acceptors (Lipinski definition) is 10. The molecule has 1 saturated heterocycles. The lowest BCUT2D eigenvalue weighted by atomic mass is 10.0. The van der Waals surface area contributed by atoms with Crippen LogP contribution in [0.1, 0.15) is 58.0 Å². The molecule has 0 atom stereocenters. The molecule has 0 saturated carbocycles. The molecule has 12 heteroatoms. The highest BCUT2D eigenvalue weighted by Gasteiger charge is 2.21. The molecule has 0 radical (unpaired) electrons. The van der Waals surface area contributed by atoms with Crippen molar-refractivity contribution >= 4 is 22.8 Å². The van der Waals surface area contributed by atoms with Crippen molar-refractivity contribution in [3.63, 3.8) is 0 Å². The fourth-order valence-corrected chi connectivity index (χ4v) is 5.85. The normalized spacial score (nSPS) is 13.7. The minimum atomic E-state index is 0.181. The van der Waals surface area contributed by atoms with Gasteiger partial charge in [-0.15, -0.1) is 0 Å². The summed E-state index contributed by atoms with van der Waals surface area (Å²) in [6.07, 6.45) is 9.15. The minimum Gasteiger partial charge on any atom is -0.383 e. The summed E-state index contributed by atoms with van der Waals surface area (Å²) in [5, 5.41) is 17.0. The molecule has 0 amide bonds. The Hall–Kier alpha value is -5.67. The third kappa shape index (κ3) is 6.86. The fraction of sp³-hybridized carbons (Fsp3) is 0.306. The van der Waals surface area contributed by atoms with Crippen molar-refractivity contribution in [3.8, 4) is 34.4 Å². The highest BCUT2D eigenvalue weighted by molar-refractivity contribution is 5.84. The molecule has 0 spiro atoms. The van der Waals surface area contributed by atoms with E-state index < -0.39 is 0 Å². The van der Waals surface area contributed by atoms with Crippen LogP contribution in [-0.4, -0.2) is 63.3 Å². The van der Waals surface area contributed by atoms with Gasteiger partial charge in [-0.3, -0.25) is 14.1 Å². The lowest BCUT2D eigenvalue weighted by Gasteiger charge is -2.32. The lowest BCUT2D eigenvalue weighted by molar-refractivity contribution is 0.211. The maximum atomic E-state index is 9.08. The van der Waals surface area contributed by atoms with E-state index in [0.29, 0.717) is 23.5 Å². The van der Waals surface area contributed by atoms with Crippen LogP contribution in [0.25, 0.3) is 39.5 Å². The van der Waals surface area contributed by atoms with Crippen LogP contribution in [0.2, 0.25) is 0 Å². The topological polar surface area (TPSA) is 152 Å². The molecule has 244 valence electrons. The number of nitrogen functional groups attached to an aromatic ring is 1. The highest BCUT2D eigenvalue weighted by Crippen LogP contribution is 2.32. The van der Waals surface area contributed by atoms with Crippen LogP contribution in [0.3, 0.4) is 0 Å². The summed E-state index contributed by atoms with van der Waals surface area (Å²) >= 11 is 0. The number of imidazole rings is 1. The van der Waals surface area contributed by atoms with Crippen LogP contribution >= 0.6 is 0 Å². The van der Waals surface area contributed by atoms with Crippen molar-refractivity contribution in [1.82, 2.24) is 44.2 Å². The van der Waals surface area contributed by atoms with Gasteiger partial charge in [-0.05, 0) is 74.7 Å². The van der Waals surface area contributed by atoms with Crippen LogP contribution in [0.5, 0.6) is 0 Å². The molecule has 1 aliphatic rings. The Bertz CT molecular complexity index is 2030. The number of likely N-dealkylation sites (tertiary alicyclic amines) is 1. The number of nitriles is 1. The first kappa shape index (κ1) is 32.3. The van der Waals surface area contributed by atoms with Gasteiger partial charge in [0.25, 0.3) is 0 Å². The average Bonchev–Trinajstić information content (AvgIpc) is 3.77. The summed E-state index contributed by atoms with van der Waals surface area (Å²) in [6.45, 7) is 11.0. The third-order valence-corrected chi connectivity index (χ3v) is 8.31. The van der Waals surface area contributed by atoms with Gasteiger partial charge in [-0.1, -0.05) is 26.0 Å². The Labute approximate surface area is 280 Å². The van der Waals surface area contributed by atoms with Crippen LogP contribution in [-0.2, 0) is 6.54 Å². The van der Waals surface area contributed by atoms with E-state index in [4.69, 9.17) is 21.0 Å². The van der Waals surface area contributed by atoms with Crippen LogP contribution in [0.15, 0.2) is 79.4 Å². The summed E-state index contributed by atoms with van der Waals surface area (Å²) in [7, 11) is 0. The molecule has 6 aromatic rings. The summed E-state index contributed by atoms with van der Waals surface area (Å²) < 4.78 is 3.99. The van der Waals surface area contributed by atoms with Gasteiger partial charge in [0.15, 0.2) is 11.5 Å². The first-order valence-electron chi connectivity index (χ1n) is 16.4. The SMILES string of the molecule is CC.CC(C)n1cc(-c2ccc3nc(-c4cccnc4N)n(-c4ccc(CN5CCC(Nc6ccnc(C#N)n6)CC5)cc4)c3n2)cn1. The first-order chi connectivity index (χ1) is 23.4. The fourth-order valence-electron chi connectivity index (χ4n) is 5.85. The first-order valence-corrected chi connectivity index (χ1v) is 16.4. The molecule has 48 heavy (non-hydrogen) atoms. The number of pyridine rings is 2. The van der Waals surface area contributed by atoms with Crippen molar-refractivity contribution in [1.29, 1.82) is 5.26 Å². The Morgan fingerprint density at radius 3 is 2.46 bits per heavy atom. The summed E-state index contributed by atoms with van der Waals surface area (Å²) in [5.41, 5.74) is 12.5. The second-order valence-corrected chi connectivity index (χ2v) is 11.8. The molecule has 1 aromatic carbocycles. The number of piperidine rings is 1. The Morgan fingerprint density at radius 1 is 0.958 bits per heavy atom. The molecule has 12 nitrogen and oxygen atoms in total. The quantitative estimate of drug-likeness (QED) is 0.195. The van der Waals surface area contributed by atoms with Gasteiger partial charge in [0.2, 0.25) is 5.82 Å². The number of nitrogens with one attached hydrogen (secondary N) is 1. The molecule has 7 rings (SSSR count). The number of anilines is 2. The zero-order valence-electron chi connectivity index (χ0n) is 27.7. The number of nitrogens with zero attached hydrogens (tertiary/aromatic N) is 10. The van der Waals surface area contributed by atoms with Gasteiger partial charge in [-0.2, -0.15) is 10.4 Å². The van der Waals surface area contributed by atoms with E-state index in [1.165, 1.54) is 5.56 Å². The van der Waals surface area contributed by atoms with E-state index in [1.807, 2.05) is 67.3 Å². The zero-order valence-corrected chi connectivity index (χ0v) is 27.7. The van der Waals surface area contributed by atoms with Gasteiger partial charge < -0.3 is 11.1 Å². The van der Waals surface area contributed by atoms with E-state index in [0.717, 1.165) is 66.1 Å². The maximum absolute atomic E-state index is 9.08. The van der Waals surface area contributed by atoms with Gasteiger partial charge in [0.1, 0.15) is 23.2 Å². The van der Waals surface area contributed by atoms with Gasteiger partial charge in [0.05, 0.1) is 17.5 Å². The van der Waals surface area contributed by atoms with Crippen molar-refractivity contribution in [3.05, 3.63) is 90.8 Å². The van der Waals surface area contributed by atoms with E-state index >= 15 is 0 Å². The molecule has 5 aromatic heterocycles. The Kier molecular flexibility index (Phi) is 9.68. The monoisotopic (exact) mass is 640 g/mol. The van der Waals surface area contributed by atoms with E-state index in [1.54, 1.807) is 12.4 Å². The van der Waals surface area contributed by atoms with Crippen LogP contribution in [0.4, 0.5) is 11.6 Å².